The zero-order chi connectivity index (χ0) is 27.2. The van der Waals surface area contributed by atoms with Crippen molar-refractivity contribution in [3.8, 4) is 22.6 Å². The molecular weight excluding hydrogens is 476 g/mol. The van der Waals surface area contributed by atoms with Crippen molar-refractivity contribution in [1.82, 2.24) is 0 Å². The molecule has 0 N–H and O–H groups in total. The molecule has 1 aliphatic rings. The quantitative estimate of drug-likeness (QED) is 0.154. The second-order valence-electron chi connectivity index (χ2n) is 10.3. The zero-order valence-electron chi connectivity index (χ0n) is 23.2. The number of fused-ring (bicyclic) bond motifs is 3. The van der Waals surface area contributed by atoms with E-state index in [4.69, 9.17) is 9.47 Å². The number of benzene rings is 4. The Hall–Kier alpha value is -4.04. The van der Waals surface area contributed by atoms with E-state index < -0.39 is 5.41 Å². The lowest BCUT2D eigenvalue weighted by atomic mass is 9.67. The lowest BCUT2D eigenvalue weighted by Crippen LogP contribution is -2.29. The van der Waals surface area contributed by atoms with Gasteiger partial charge in [-0.1, -0.05) is 113 Å². The van der Waals surface area contributed by atoms with E-state index in [0.717, 1.165) is 50.0 Å². The van der Waals surface area contributed by atoms with Gasteiger partial charge in [-0.3, -0.25) is 0 Å². The summed E-state index contributed by atoms with van der Waals surface area (Å²) in [6.07, 6.45) is 9.43. The fourth-order valence-corrected chi connectivity index (χ4v) is 6.18. The van der Waals surface area contributed by atoms with Crippen LogP contribution in [0.1, 0.15) is 72.9 Å². The molecule has 0 aromatic heterocycles. The lowest BCUT2D eigenvalue weighted by molar-refractivity contribution is 0.474. The molecule has 0 amide bonds. The molecule has 198 valence electrons. The van der Waals surface area contributed by atoms with Gasteiger partial charge in [0.1, 0.15) is 11.5 Å². The van der Waals surface area contributed by atoms with Crippen LogP contribution in [0, 0.1) is 0 Å². The van der Waals surface area contributed by atoms with Crippen LogP contribution < -0.4 is 9.47 Å². The van der Waals surface area contributed by atoms with E-state index in [1.165, 1.54) is 57.0 Å². The van der Waals surface area contributed by atoms with Crippen LogP contribution in [0.4, 0.5) is 0 Å². The highest BCUT2D eigenvalue weighted by molar-refractivity contribution is 5.86. The maximum atomic E-state index is 5.87. The Morgan fingerprint density at radius 2 is 1.05 bits per heavy atom. The number of ether oxygens (including phenoxy) is 2. The van der Waals surface area contributed by atoms with E-state index in [1.807, 2.05) is 0 Å². The molecule has 4 aromatic carbocycles. The van der Waals surface area contributed by atoms with Crippen molar-refractivity contribution in [3.63, 3.8) is 0 Å². The van der Waals surface area contributed by atoms with Gasteiger partial charge in [0.05, 0.1) is 17.9 Å². The first-order valence-corrected chi connectivity index (χ1v) is 14.2. The molecule has 0 bridgehead atoms. The summed E-state index contributed by atoms with van der Waals surface area (Å²) in [4.78, 5) is 0. The summed E-state index contributed by atoms with van der Waals surface area (Å²) in [5.41, 5.74) is 9.67. The Kier molecular flexibility index (Phi) is 8.02. The van der Waals surface area contributed by atoms with Crippen LogP contribution >= 0.6 is 0 Å². The Morgan fingerprint density at radius 1 is 0.615 bits per heavy atom. The van der Waals surface area contributed by atoms with Crippen molar-refractivity contribution < 1.29 is 9.47 Å². The molecule has 5 rings (SSSR count). The molecule has 0 saturated carbocycles. The Balaban J connectivity index is 1.84. The average Bonchev–Trinajstić information content (AvgIpc) is 3.28. The Bertz CT molecular complexity index is 1370. The van der Waals surface area contributed by atoms with Crippen LogP contribution in [0.5, 0.6) is 11.5 Å². The van der Waals surface area contributed by atoms with Gasteiger partial charge >= 0.3 is 0 Å². The van der Waals surface area contributed by atoms with Crippen LogP contribution in [-0.4, -0.2) is 0 Å². The molecule has 0 fully saturated rings. The molecule has 39 heavy (non-hydrogen) atoms. The maximum absolute atomic E-state index is 5.87. The number of hydrogen-bond donors (Lipinski definition) is 0. The highest BCUT2D eigenvalue weighted by Crippen LogP contribution is 2.56. The van der Waals surface area contributed by atoms with E-state index in [2.05, 4.69) is 112 Å². The summed E-state index contributed by atoms with van der Waals surface area (Å²) in [5.74, 6) is 1.77. The highest BCUT2D eigenvalue weighted by atomic mass is 16.5. The number of aryl methyl sites for hydroxylation is 2. The third-order valence-electron chi connectivity index (χ3n) is 7.96. The summed E-state index contributed by atoms with van der Waals surface area (Å²) in [6.45, 7) is 12.1. The van der Waals surface area contributed by atoms with Crippen LogP contribution in [0.25, 0.3) is 11.1 Å². The summed E-state index contributed by atoms with van der Waals surface area (Å²) < 4.78 is 11.7. The first-order chi connectivity index (χ1) is 19.2. The SMILES string of the molecule is C=COc1ccc(C2(c3ccc(OC=C)c(CCCC)c3)c3ccccc3-c3ccccc32)cc1CCCC. The molecular formula is C37H38O2. The van der Waals surface area contributed by atoms with Crippen molar-refractivity contribution in [2.75, 3.05) is 0 Å². The predicted molar refractivity (Wildman–Crippen MR) is 163 cm³/mol. The molecule has 4 aromatic rings. The Morgan fingerprint density at radius 3 is 1.46 bits per heavy atom. The van der Waals surface area contributed by atoms with Gasteiger partial charge in [0.2, 0.25) is 0 Å². The van der Waals surface area contributed by atoms with Gasteiger partial charge < -0.3 is 9.47 Å². The van der Waals surface area contributed by atoms with E-state index in [0.29, 0.717) is 0 Å². The normalized spacial score (nSPS) is 12.9. The van der Waals surface area contributed by atoms with Crippen LogP contribution in [0.2, 0.25) is 0 Å². The minimum atomic E-state index is -0.464. The van der Waals surface area contributed by atoms with E-state index >= 15 is 0 Å². The van der Waals surface area contributed by atoms with E-state index in [9.17, 15) is 0 Å². The van der Waals surface area contributed by atoms with Crippen LogP contribution in [0.15, 0.2) is 111 Å². The molecule has 0 atom stereocenters. The third kappa shape index (κ3) is 4.69. The fourth-order valence-electron chi connectivity index (χ4n) is 6.18. The molecule has 2 nitrogen and oxygen atoms in total. The van der Waals surface area contributed by atoms with E-state index in [-0.39, 0.29) is 0 Å². The minimum absolute atomic E-state index is 0.464. The number of unbranched alkanes of at least 4 members (excludes halogenated alkanes) is 2. The van der Waals surface area contributed by atoms with Crippen LogP contribution in [-0.2, 0) is 18.3 Å². The summed E-state index contributed by atoms with van der Waals surface area (Å²) in [6, 6.07) is 31.2. The largest absolute Gasteiger partial charge is 0.465 e. The summed E-state index contributed by atoms with van der Waals surface area (Å²) >= 11 is 0. The van der Waals surface area contributed by atoms with Gasteiger partial charge in [0, 0.05) is 0 Å². The highest BCUT2D eigenvalue weighted by Gasteiger charge is 2.46. The first-order valence-electron chi connectivity index (χ1n) is 14.2. The maximum Gasteiger partial charge on any atom is 0.129 e. The molecule has 0 unspecified atom stereocenters. The van der Waals surface area contributed by atoms with Gasteiger partial charge in [-0.25, -0.2) is 0 Å². The molecule has 0 heterocycles. The molecule has 0 aliphatic heterocycles. The molecule has 0 radical (unpaired) electrons. The van der Waals surface area contributed by atoms with Crippen LogP contribution in [0.3, 0.4) is 0 Å². The zero-order valence-corrected chi connectivity index (χ0v) is 23.2. The smallest absolute Gasteiger partial charge is 0.129 e. The minimum Gasteiger partial charge on any atom is -0.465 e. The second-order valence-corrected chi connectivity index (χ2v) is 10.3. The Labute approximate surface area is 233 Å². The summed E-state index contributed by atoms with van der Waals surface area (Å²) in [5, 5.41) is 0. The van der Waals surface area contributed by atoms with Crippen molar-refractivity contribution in [2.45, 2.75) is 57.8 Å². The first kappa shape index (κ1) is 26.6. The number of hydrogen-bond acceptors (Lipinski definition) is 2. The monoisotopic (exact) mass is 514 g/mol. The molecule has 0 saturated heterocycles. The molecule has 2 heteroatoms. The van der Waals surface area contributed by atoms with Gasteiger partial charge in [0.25, 0.3) is 0 Å². The second kappa shape index (κ2) is 11.8. The van der Waals surface area contributed by atoms with Crippen molar-refractivity contribution in [2.24, 2.45) is 0 Å². The number of rotatable bonds is 12. The van der Waals surface area contributed by atoms with Crippen molar-refractivity contribution in [1.29, 1.82) is 0 Å². The third-order valence-corrected chi connectivity index (χ3v) is 7.96. The predicted octanol–water partition coefficient (Wildman–Crippen LogP) is 9.78. The van der Waals surface area contributed by atoms with Crippen molar-refractivity contribution >= 4 is 0 Å². The molecule has 1 aliphatic carbocycles. The van der Waals surface area contributed by atoms with Gasteiger partial charge in [-0.2, -0.15) is 0 Å². The van der Waals surface area contributed by atoms with Gasteiger partial charge in [-0.15, -0.1) is 0 Å². The molecule has 0 spiro atoms. The van der Waals surface area contributed by atoms with E-state index in [1.54, 1.807) is 0 Å². The lowest BCUT2D eigenvalue weighted by Gasteiger charge is -2.35. The van der Waals surface area contributed by atoms with Gasteiger partial charge in [-0.05, 0) is 82.3 Å². The average molecular weight is 515 g/mol. The fraction of sp³-hybridized carbons (Fsp3) is 0.243. The summed E-state index contributed by atoms with van der Waals surface area (Å²) in [7, 11) is 0. The van der Waals surface area contributed by atoms with Gasteiger partial charge in [0.15, 0.2) is 0 Å². The standard InChI is InChI=1S/C37H38O2/c1-5-9-15-27-25-29(21-23-35(27)38-7-3)37(30-22-24-36(39-8-4)28(26-30)16-10-6-2)33-19-13-11-17-31(33)32-18-12-14-20-34(32)37/h7-8,11-14,17-26H,3-6,9-10,15-16H2,1-2H3. The topological polar surface area (TPSA) is 18.5 Å². The van der Waals surface area contributed by atoms with Crippen molar-refractivity contribution in [3.05, 3.63) is 144 Å².